The maximum Gasteiger partial charge on any atom is 0.0624 e. The third-order valence-corrected chi connectivity index (χ3v) is 6.37. The molecule has 2 atom stereocenters. The van der Waals surface area contributed by atoms with Crippen LogP contribution in [0.5, 0.6) is 0 Å². The van der Waals surface area contributed by atoms with Gasteiger partial charge in [0.25, 0.3) is 0 Å². The first-order chi connectivity index (χ1) is 8.73. The van der Waals surface area contributed by atoms with E-state index in [1.807, 2.05) is 0 Å². The molecule has 0 nitrogen and oxygen atoms in total. The molecule has 1 aromatic carbocycles. The van der Waals surface area contributed by atoms with Crippen molar-refractivity contribution in [3.05, 3.63) is 35.4 Å². The molecule has 1 fully saturated rings. The van der Waals surface area contributed by atoms with Crippen LogP contribution in [0.4, 0.5) is 0 Å². The zero-order chi connectivity index (χ0) is 14.4. The van der Waals surface area contributed by atoms with E-state index in [4.69, 9.17) is 11.6 Å². The zero-order valence-electron chi connectivity index (χ0n) is 13.1. The van der Waals surface area contributed by atoms with Crippen molar-refractivity contribution in [3.63, 3.8) is 0 Å². The Morgan fingerprint density at radius 3 is 1.79 bits per heavy atom. The molecule has 2 rings (SSSR count). The Kier molecular flexibility index (Phi) is 3.77. The SMILES string of the molecule is CCC(C)c1ccc(C(Cl)C2C(C)(C)C2(C)C)cc1. The lowest BCUT2D eigenvalue weighted by Crippen LogP contribution is -2.00. The molecule has 0 aromatic heterocycles. The van der Waals surface area contributed by atoms with E-state index in [1.165, 1.54) is 17.5 Å². The molecule has 0 amide bonds. The number of halogens is 1. The molecule has 2 unspecified atom stereocenters. The van der Waals surface area contributed by atoms with Crippen LogP contribution >= 0.6 is 11.6 Å². The van der Waals surface area contributed by atoms with Crippen molar-refractivity contribution in [1.82, 2.24) is 0 Å². The molecule has 0 heterocycles. The lowest BCUT2D eigenvalue weighted by atomic mass is 9.95. The highest BCUT2D eigenvalue weighted by Gasteiger charge is 2.67. The van der Waals surface area contributed by atoms with Crippen LogP contribution in [0.2, 0.25) is 0 Å². The second-order valence-electron chi connectivity index (χ2n) is 7.30. The second kappa shape index (κ2) is 4.81. The Morgan fingerprint density at radius 1 is 1.00 bits per heavy atom. The van der Waals surface area contributed by atoms with Gasteiger partial charge in [-0.15, -0.1) is 11.6 Å². The first-order valence-corrected chi connectivity index (χ1v) is 7.91. The Bertz CT molecular complexity index is 427. The van der Waals surface area contributed by atoms with E-state index >= 15 is 0 Å². The van der Waals surface area contributed by atoms with E-state index in [-0.39, 0.29) is 5.38 Å². The summed E-state index contributed by atoms with van der Waals surface area (Å²) < 4.78 is 0. The summed E-state index contributed by atoms with van der Waals surface area (Å²) in [6.07, 6.45) is 1.19. The van der Waals surface area contributed by atoms with Crippen molar-refractivity contribution in [2.45, 2.75) is 59.3 Å². The maximum absolute atomic E-state index is 6.74. The highest BCUT2D eigenvalue weighted by Crippen LogP contribution is 2.73. The van der Waals surface area contributed by atoms with Crippen molar-refractivity contribution in [2.75, 3.05) is 0 Å². The van der Waals surface area contributed by atoms with Crippen LogP contribution in [-0.2, 0) is 0 Å². The largest absolute Gasteiger partial charge is 0.117 e. The van der Waals surface area contributed by atoms with Gasteiger partial charge in [0, 0.05) is 0 Å². The van der Waals surface area contributed by atoms with Crippen LogP contribution < -0.4 is 0 Å². The van der Waals surface area contributed by atoms with E-state index in [1.54, 1.807) is 0 Å². The average molecular weight is 279 g/mol. The maximum atomic E-state index is 6.74. The standard InChI is InChI=1S/C18H27Cl/c1-7-12(2)13-8-10-14(11-9-13)15(19)16-17(3,4)18(16,5)6/h8-12,15-16H,7H2,1-6H3. The third-order valence-electron chi connectivity index (χ3n) is 5.86. The number of alkyl halides is 1. The molecule has 19 heavy (non-hydrogen) atoms. The van der Waals surface area contributed by atoms with Gasteiger partial charge in [0.15, 0.2) is 0 Å². The summed E-state index contributed by atoms with van der Waals surface area (Å²) in [5.41, 5.74) is 3.38. The van der Waals surface area contributed by atoms with Gasteiger partial charge in [-0.1, -0.05) is 65.8 Å². The summed E-state index contributed by atoms with van der Waals surface area (Å²) >= 11 is 6.74. The van der Waals surface area contributed by atoms with Crippen molar-refractivity contribution >= 4 is 11.6 Å². The van der Waals surface area contributed by atoms with E-state index in [0.29, 0.717) is 22.7 Å². The first kappa shape index (κ1) is 14.9. The molecule has 0 bridgehead atoms. The van der Waals surface area contributed by atoms with E-state index in [9.17, 15) is 0 Å². The molecule has 1 aromatic rings. The highest BCUT2D eigenvalue weighted by atomic mass is 35.5. The summed E-state index contributed by atoms with van der Waals surface area (Å²) in [6.45, 7) is 13.8. The van der Waals surface area contributed by atoms with E-state index < -0.39 is 0 Å². The van der Waals surface area contributed by atoms with E-state index in [0.717, 1.165) is 0 Å². The number of hydrogen-bond donors (Lipinski definition) is 0. The summed E-state index contributed by atoms with van der Waals surface area (Å²) in [5, 5.41) is 0.135. The Balaban J connectivity index is 2.16. The molecule has 1 saturated carbocycles. The summed E-state index contributed by atoms with van der Waals surface area (Å²) in [4.78, 5) is 0. The monoisotopic (exact) mass is 278 g/mol. The molecule has 1 heteroatoms. The smallest absolute Gasteiger partial charge is 0.0624 e. The van der Waals surface area contributed by atoms with Crippen molar-refractivity contribution < 1.29 is 0 Å². The predicted octanol–water partition coefficient (Wildman–Crippen LogP) is 6.16. The molecular weight excluding hydrogens is 252 g/mol. The van der Waals surface area contributed by atoms with Crippen LogP contribution in [0.25, 0.3) is 0 Å². The van der Waals surface area contributed by atoms with Crippen LogP contribution in [0, 0.1) is 16.7 Å². The quantitative estimate of drug-likeness (QED) is 0.578. The van der Waals surface area contributed by atoms with Gasteiger partial charge in [0.2, 0.25) is 0 Å². The lowest BCUT2D eigenvalue weighted by molar-refractivity contribution is 0.457. The fourth-order valence-electron chi connectivity index (χ4n) is 3.42. The highest BCUT2D eigenvalue weighted by molar-refractivity contribution is 6.21. The number of hydrogen-bond acceptors (Lipinski definition) is 0. The van der Waals surface area contributed by atoms with Gasteiger partial charge in [-0.05, 0) is 40.2 Å². The van der Waals surface area contributed by atoms with Crippen LogP contribution in [0.1, 0.15) is 70.4 Å². The van der Waals surface area contributed by atoms with Crippen molar-refractivity contribution in [1.29, 1.82) is 0 Å². The number of rotatable bonds is 4. The molecule has 1 aliphatic rings. The topological polar surface area (TPSA) is 0 Å². The minimum absolute atomic E-state index is 0.135. The fourth-order valence-corrected chi connectivity index (χ4v) is 4.19. The van der Waals surface area contributed by atoms with Crippen molar-refractivity contribution in [2.24, 2.45) is 16.7 Å². The molecule has 0 radical (unpaired) electrons. The Hall–Kier alpha value is -0.490. The predicted molar refractivity (Wildman–Crippen MR) is 84.8 cm³/mol. The minimum atomic E-state index is 0.135. The van der Waals surface area contributed by atoms with Crippen LogP contribution in [-0.4, -0.2) is 0 Å². The molecule has 0 N–H and O–H groups in total. The van der Waals surface area contributed by atoms with Gasteiger partial charge >= 0.3 is 0 Å². The van der Waals surface area contributed by atoms with Gasteiger partial charge in [0.1, 0.15) is 0 Å². The second-order valence-corrected chi connectivity index (χ2v) is 7.77. The third kappa shape index (κ3) is 2.33. The zero-order valence-corrected chi connectivity index (χ0v) is 13.9. The van der Waals surface area contributed by atoms with E-state index in [2.05, 4.69) is 65.8 Å². The molecule has 0 saturated heterocycles. The molecular formula is C18H27Cl. The number of benzene rings is 1. The molecule has 0 aliphatic heterocycles. The summed E-state index contributed by atoms with van der Waals surface area (Å²) in [5.74, 6) is 1.20. The van der Waals surface area contributed by atoms with Gasteiger partial charge in [-0.25, -0.2) is 0 Å². The first-order valence-electron chi connectivity index (χ1n) is 7.47. The van der Waals surface area contributed by atoms with Gasteiger partial charge < -0.3 is 0 Å². The van der Waals surface area contributed by atoms with Gasteiger partial charge in [0.05, 0.1) is 5.38 Å². The fraction of sp³-hybridized carbons (Fsp3) is 0.667. The average Bonchev–Trinajstić information content (AvgIpc) is 2.78. The normalized spacial score (nSPS) is 23.9. The lowest BCUT2D eigenvalue weighted by Gasteiger charge is -2.14. The Labute approximate surface area is 123 Å². The van der Waals surface area contributed by atoms with Gasteiger partial charge in [-0.3, -0.25) is 0 Å². The Morgan fingerprint density at radius 2 is 1.42 bits per heavy atom. The molecule has 106 valence electrons. The van der Waals surface area contributed by atoms with Crippen molar-refractivity contribution in [3.8, 4) is 0 Å². The van der Waals surface area contributed by atoms with Crippen LogP contribution in [0.15, 0.2) is 24.3 Å². The summed E-state index contributed by atoms with van der Waals surface area (Å²) in [7, 11) is 0. The molecule has 0 spiro atoms. The summed E-state index contributed by atoms with van der Waals surface area (Å²) in [6, 6.07) is 8.95. The van der Waals surface area contributed by atoms with Crippen LogP contribution in [0.3, 0.4) is 0 Å². The molecule has 1 aliphatic carbocycles. The van der Waals surface area contributed by atoms with Gasteiger partial charge in [-0.2, -0.15) is 0 Å². The minimum Gasteiger partial charge on any atom is -0.117 e.